The number of ether oxygens (including phenoxy) is 1. The summed E-state index contributed by atoms with van der Waals surface area (Å²) in [6.45, 7) is 8.19. The van der Waals surface area contributed by atoms with Gasteiger partial charge in [0.15, 0.2) is 0 Å². The lowest BCUT2D eigenvalue weighted by molar-refractivity contribution is 0.0255. The van der Waals surface area contributed by atoms with Crippen molar-refractivity contribution in [1.29, 1.82) is 0 Å². The molecule has 1 fully saturated rings. The van der Waals surface area contributed by atoms with Crippen LogP contribution in [0.5, 0.6) is 5.88 Å². The van der Waals surface area contributed by atoms with Gasteiger partial charge in [0.2, 0.25) is 11.8 Å². The van der Waals surface area contributed by atoms with Gasteiger partial charge in [-0.1, -0.05) is 44.2 Å². The SMILES string of the molecule is C/C=C(\C=C/CC(C)(F)F)COc1ccc(NCc2ccc(N3C(CC)CCC3CC)cc2)nn1. The van der Waals surface area contributed by atoms with E-state index >= 15 is 0 Å². The Hall–Kier alpha value is -2.96. The lowest BCUT2D eigenvalue weighted by Gasteiger charge is -2.32. The monoisotopic (exact) mass is 484 g/mol. The molecule has 1 aliphatic rings. The number of hydrogen-bond donors (Lipinski definition) is 1. The fourth-order valence-electron chi connectivity index (χ4n) is 4.46. The smallest absolute Gasteiger partial charge is 0.248 e. The van der Waals surface area contributed by atoms with Crippen molar-refractivity contribution in [2.75, 3.05) is 16.8 Å². The second-order valence-corrected chi connectivity index (χ2v) is 9.21. The lowest BCUT2D eigenvalue weighted by Crippen LogP contribution is -2.35. The first-order chi connectivity index (χ1) is 16.8. The molecule has 0 amide bonds. The molecule has 1 saturated heterocycles. The quantitative estimate of drug-likeness (QED) is 0.324. The summed E-state index contributed by atoms with van der Waals surface area (Å²) in [5, 5.41) is 11.6. The highest BCUT2D eigenvalue weighted by Gasteiger charge is 2.31. The Morgan fingerprint density at radius 3 is 2.31 bits per heavy atom. The maximum absolute atomic E-state index is 12.9. The second-order valence-electron chi connectivity index (χ2n) is 9.21. The minimum Gasteiger partial charge on any atom is -0.472 e. The third kappa shape index (κ3) is 8.05. The van der Waals surface area contributed by atoms with Gasteiger partial charge in [-0.2, -0.15) is 0 Å². The molecule has 1 aliphatic heterocycles. The molecule has 35 heavy (non-hydrogen) atoms. The molecule has 1 aromatic carbocycles. The van der Waals surface area contributed by atoms with Crippen molar-refractivity contribution >= 4 is 11.5 Å². The molecule has 1 aromatic heterocycles. The normalized spacial score (nSPS) is 18.9. The molecule has 2 heterocycles. The Kier molecular flexibility index (Phi) is 9.64. The maximum atomic E-state index is 12.9. The highest BCUT2D eigenvalue weighted by molar-refractivity contribution is 5.51. The third-order valence-electron chi connectivity index (χ3n) is 6.48. The highest BCUT2D eigenvalue weighted by atomic mass is 19.3. The number of allylic oxidation sites excluding steroid dienone is 2. The highest BCUT2D eigenvalue weighted by Crippen LogP contribution is 2.33. The summed E-state index contributed by atoms with van der Waals surface area (Å²) >= 11 is 0. The van der Waals surface area contributed by atoms with Gasteiger partial charge in [0.05, 0.1) is 0 Å². The number of hydrogen-bond acceptors (Lipinski definition) is 5. The Bertz CT molecular complexity index is 956. The molecule has 3 rings (SSSR count). The van der Waals surface area contributed by atoms with Crippen LogP contribution in [0.1, 0.15) is 65.4 Å². The number of benzene rings is 1. The summed E-state index contributed by atoms with van der Waals surface area (Å²) in [6, 6.07) is 13.6. The fourth-order valence-corrected chi connectivity index (χ4v) is 4.46. The van der Waals surface area contributed by atoms with Crippen LogP contribution in [-0.4, -0.2) is 34.8 Å². The molecule has 7 heteroatoms. The van der Waals surface area contributed by atoms with Crippen molar-refractivity contribution in [3.05, 3.63) is 65.8 Å². The topological polar surface area (TPSA) is 50.3 Å². The summed E-state index contributed by atoms with van der Waals surface area (Å²) in [5.74, 6) is -1.67. The van der Waals surface area contributed by atoms with E-state index in [1.54, 1.807) is 12.1 Å². The van der Waals surface area contributed by atoms with Crippen molar-refractivity contribution in [3.63, 3.8) is 0 Å². The average Bonchev–Trinajstić information content (AvgIpc) is 3.28. The van der Waals surface area contributed by atoms with Crippen LogP contribution in [0.4, 0.5) is 20.3 Å². The number of rotatable bonds is 12. The van der Waals surface area contributed by atoms with Crippen LogP contribution < -0.4 is 15.0 Å². The third-order valence-corrected chi connectivity index (χ3v) is 6.48. The first kappa shape index (κ1) is 26.6. The molecule has 2 atom stereocenters. The van der Waals surface area contributed by atoms with E-state index in [1.807, 2.05) is 19.1 Å². The standard InChI is InChI=1S/C28H38F2N4O/c1-5-21(9-8-18-28(4,29)30)20-35-27-17-16-26(32-33-27)31-19-22-10-12-25(13-11-22)34-23(6-2)14-15-24(34)7-3/h5,8-13,16-17,23-24H,6-7,14-15,18-20H2,1-4H3,(H,31,32)/b9-8-,21-5+. The zero-order valence-corrected chi connectivity index (χ0v) is 21.3. The Morgan fingerprint density at radius 2 is 1.77 bits per heavy atom. The van der Waals surface area contributed by atoms with Gasteiger partial charge >= 0.3 is 0 Å². The van der Waals surface area contributed by atoms with Gasteiger partial charge < -0.3 is 15.0 Å². The van der Waals surface area contributed by atoms with E-state index in [9.17, 15) is 8.78 Å². The molecule has 0 radical (unpaired) electrons. The Balaban J connectivity index is 1.49. The van der Waals surface area contributed by atoms with Gasteiger partial charge in [0.1, 0.15) is 12.4 Å². The van der Waals surface area contributed by atoms with E-state index in [1.165, 1.54) is 43.0 Å². The zero-order chi connectivity index (χ0) is 25.3. The summed E-state index contributed by atoms with van der Waals surface area (Å²) in [5.41, 5.74) is 3.29. The van der Waals surface area contributed by atoms with E-state index in [4.69, 9.17) is 4.74 Å². The van der Waals surface area contributed by atoms with Crippen molar-refractivity contribution in [1.82, 2.24) is 10.2 Å². The van der Waals surface area contributed by atoms with Crippen LogP contribution in [0.2, 0.25) is 0 Å². The number of alkyl halides is 2. The molecule has 1 N–H and O–H groups in total. The summed E-state index contributed by atoms with van der Waals surface area (Å²) in [4.78, 5) is 2.61. The lowest BCUT2D eigenvalue weighted by atomic mass is 10.1. The van der Waals surface area contributed by atoms with Gasteiger partial charge in [-0.25, -0.2) is 8.78 Å². The molecule has 2 unspecified atom stereocenters. The van der Waals surface area contributed by atoms with Crippen LogP contribution >= 0.6 is 0 Å². The fraction of sp³-hybridized carbons (Fsp3) is 0.500. The van der Waals surface area contributed by atoms with Gasteiger partial charge in [-0.3, -0.25) is 0 Å². The van der Waals surface area contributed by atoms with Crippen molar-refractivity contribution in [2.45, 2.75) is 84.4 Å². The van der Waals surface area contributed by atoms with Gasteiger partial charge in [-0.05, 0) is 68.9 Å². The second kappa shape index (κ2) is 12.7. The van der Waals surface area contributed by atoms with E-state index in [0.717, 1.165) is 12.5 Å². The van der Waals surface area contributed by atoms with Crippen LogP contribution in [0, 0.1) is 0 Å². The zero-order valence-electron chi connectivity index (χ0n) is 21.3. The van der Waals surface area contributed by atoms with Crippen LogP contribution in [0.3, 0.4) is 0 Å². The van der Waals surface area contributed by atoms with Gasteiger partial charge in [0.25, 0.3) is 0 Å². The predicted molar refractivity (Wildman–Crippen MR) is 139 cm³/mol. The molecular weight excluding hydrogens is 446 g/mol. The summed E-state index contributed by atoms with van der Waals surface area (Å²) in [6.07, 6.45) is 9.56. The van der Waals surface area contributed by atoms with Crippen molar-refractivity contribution < 1.29 is 13.5 Å². The van der Waals surface area contributed by atoms with Gasteiger partial charge in [0, 0.05) is 36.8 Å². The van der Waals surface area contributed by atoms with Crippen LogP contribution in [0.25, 0.3) is 0 Å². The van der Waals surface area contributed by atoms with E-state index in [0.29, 0.717) is 30.3 Å². The molecule has 5 nitrogen and oxygen atoms in total. The number of anilines is 2. The molecule has 0 saturated carbocycles. The molecule has 2 aromatic rings. The Morgan fingerprint density at radius 1 is 1.09 bits per heavy atom. The number of nitrogens with zero attached hydrogens (tertiary/aromatic N) is 3. The first-order valence-corrected chi connectivity index (χ1v) is 12.6. The number of nitrogens with one attached hydrogen (secondary N) is 1. The molecule has 0 spiro atoms. The summed E-state index contributed by atoms with van der Waals surface area (Å²) in [7, 11) is 0. The minimum atomic E-state index is -2.71. The number of aromatic nitrogens is 2. The van der Waals surface area contributed by atoms with Gasteiger partial charge in [-0.15, -0.1) is 10.2 Å². The Labute approximate surface area is 208 Å². The minimum absolute atomic E-state index is 0.241. The number of halogens is 2. The van der Waals surface area contributed by atoms with Crippen molar-refractivity contribution in [2.24, 2.45) is 0 Å². The van der Waals surface area contributed by atoms with E-state index < -0.39 is 5.92 Å². The van der Waals surface area contributed by atoms with Crippen LogP contribution in [-0.2, 0) is 6.54 Å². The molecule has 190 valence electrons. The van der Waals surface area contributed by atoms with E-state index in [-0.39, 0.29) is 13.0 Å². The van der Waals surface area contributed by atoms with Crippen LogP contribution in [0.15, 0.2) is 60.2 Å². The average molecular weight is 485 g/mol. The summed E-state index contributed by atoms with van der Waals surface area (Å²) < 4.78 is 31.5. The van der Waals surface area contributed by atoms with E-state index in [2.05, 4.69) is 58.5 Å². The van der Waals surface area contributed by atoms with Crippen molar-refractivity contribution in [3.8, 4) is 5.88 Å². The molecule has 0 bridgehead atoms. The molecular formula is C28H38F2N4O. The first-order valence-electron chi connectivity index (χ1n) is 12.6. The molecule has 0 aliphatic carbocycles. The maximum Gasteiger partial charge on any atom is 0.248 e. The predicted octanol–water partition coefficient (Wildman–Crippen LogP) is 7.17. The largest absolute Gasteiger partial charge is 0.472 e.